The van der Waals surface area contributed by atoms with Gasteiger partial charge in [0.15, 0.2) is 5.60 Å². The summed E-state index contributed by atoms with van der Waals surface area (Å²) >= 11 is 7.69. The summed E-state index contributed by atoms with van der Waals surface area (Å²) in [5.74, 6) is 0.367. The zero-order valence-corrected chi connectivity index (χ0v) is 23.0. The maximum atomic E-state index is 13.3. The first-order valence-corrected chi connectivity index (χ1v) is 13.8. The highest BCUT2D eigenvalue weighted by Gasteiger charge is 2.37. The average Bonchev–Trinajstić information content (AvgIpc) is 3.42. The van der Waals surface area contributed by atoms with Gasteiger partial charge in [0.1, 0.15) is 11.4 Å². The lowest BCUT2D eigenvalue weighted by Gasteiger charge is -2.36. The standard InChI is InChI=1S/C28H30ClN5O3S/c1-28(2,37-24-9-4-3-8-22(24)29)27(36)33-15-10-21(11-16-33)25-32-23(19-38-25)26(35)34(14-6-12-30)18-20-7-5-13-31-17-20/h3-5,7-9,13,17,19,21H,6,10-11,14-16,18H2,1-2H3. The van der Waals surface area contributed by atoms with Crippen molar-refractivity contribution in [3.8, 4) is 11.8 Å². The van der Waals surface area contributed by atoms with E-state index in [0.717, 1.165) is 23.4 Å². The zero-order valence-electron chi connectivity index (χ0n) is 21.5. The number of pyridine rings is 1. The molecule has 0 unspecified atom stereocenters. The molecule has 8 nitrogen and oxygen atoms in total. The second-order valence-corrected chi connectivity index (χ2v) is 11.0. The van der Waals surface area contributed by atoms with Gasteiger partial charge in [0.2, 0.25) is 0 Å². The Labute approximate surface area is 231 Å². The minimum absolute atomic E-state index is 0.0885. The molecule has 198 valence electrons. The van der Waals surface area contributed by atoms with E-state index in [-0.39, 0.29) is 24.2 Å². The van der Waals surface area contributed by atoms with Crippen molar-refractivity contribution >= 4 is 34.8 Å². The smallest absolute Gasteiger partial charge is 0.273 e. The number of nitriles is 1. The number of para-hydroxylation sites is 1. The molecule has 1 aromatic carbocycles. The van der Waals surface area contributed by atoms with E-state index in [0.29, 0.717) is 42.6 Å². The number of thiazole rings is 1. The number of ether oxygens (including phenoxy) is 1. The number of carbonyl (C=O) groups is 2. The van der Waals surface area contributed by atoms with Crippen LogP contribution in [0.3, 0.4) is 0 Å². The van der Waals surface area contributed by atoms with Crippen LogP contribution in [-0.4, -0.2) is 56.8 Å². The molecular formula is C28H30ClN5O3S. The third-order valence-corrected chi connectivity index (χ3v) is 7.79. The third-order valence-electron chi connectivity index (χ3n) is 6.47. The zero-order chi connectivity index (χ0) is 27.1. The number of amides is 2. The Morgan fingerprint density at radius 1 is 1.24 bits per heavy atom. The van der Waals surface area contributed by atoms with Gasteiger partial charge in [0.25, 0.3) is 11.8 Å². The highest BCUT2D eigenvalue weighted by molar-refractivity contribution is 7.09. The Bertz CT molecular complexity index is 1300. The van der Waals surface area contributed by atoms with Crippen molar-refractivity contribution in [2.75, 3.05) is 19.6 Å². The monoisotopic (exact) mass is 551 g/mol. The summed E-state index contributed by atoms with van der Waals surface area (Å²) in [6.45, 7) is 5.37. The predicted octanol–water partition coefficient (Wildman–Crippen LogP) is 5.31. The summed E-state index contributed by atoms with van der Waals surface area (Å²) < 4.78 is 5.98. The number of hydrogen-bond acceptors (Lipinski definition) is 7. The molecule has 2 amide bonds. The normalized spacial score (nSPS) is 14.1. The van der Waals surface area contributed by atoms with E-state index in [1.807, 2.05) is 29.2 Å². The summed E-state index contributed by atoms with van der Waals surface area (Å²) in [4.78, 5) is 38.7. The number of halogens is 1. The fourth-order valence-corrected chi connectivity index (χ4v) is 5.58. The maximum absolute atomic E-state index is 13.3. The van der Waals surface area contributed by atoms with Gasteiger partial charge in [0.05, 0.1) is 22.5 Å². The first kappa shape index (κ1) is 27.6. The maximum Gasteiger partial charge on any atom is 0.273 e. The van der Waals surface area contributed by atoms with Crippen LogP contribution in [-0.2, 0) is 11.3 Å². The van der Waals surface area contributed by atoms with Gasteiger partial charge in [-0.2, -0.15) is 5.26 Å². The summed E-state index contributed by atoms with van der Waals surface area (Å²) in [6.07, 6.45) is 5.15. The first-order valence-electron chi connectivity index (χ1n) is 12.5. The van der Waals surface area contributed by atoms with Crippen molar-refractivity contribution in [1.82, 2.24) is 19.8 Å². The van der Waals surface area contributed by atoms with Crippen LogP contribution < -0.4 is 4.74 Å². The van der Waals surface area contributed by atoms with Crippen LogP contribution in [0.2, 0.25) is 5.02 Å². The SMILES string of the molecule is CC(C)(Oc1ccccc1Cl)C(=O)N1CCC(c2nc(C(=O)N(CCC#N)Cc3cccnc3)cs2)CC1. The molecule has 3 aromatic rings. The van der Waals surface area contributed by atoms with E-state index in [4.69, 9.17) is 21.6 Å². The number of likely N-dealkylation sites (tertiary alicyclic amines) is 1. The molecule has 1 aliphatic rings. The van der Waals surface area contributed by atoms with Crippen LogP contribution in [0.1, 0.15) is 60.1 Å². The Hall–Kier alpha value is -3.48. The molecule has 38 heavy (non-hydrogen) atoms. The summed E-state index contributed by atoms with van der Waals surface area (Å²) in [5.41, 5.74) is 0.229. The molecular weight excluding hydrogens is 522 g/mol. The van der Waals surface area contributed by atoms with Gasteiger partial charge in [-0.1, -0.05) is 29.8 Å². The van der Waals surface area contributed by atoms with Crippen LogP contribution >= 0.6 is 22.9 Å². The van der Waals surface area contributed by atoms with Gasteiger partial charge in [-0.15, -0.1) is 11.3 Å². The van der Waals surface area contributed by atoms with Gasteiger partial charge >= 0.3 is 0 Å². The van der Waals surface area contributed by atoms with Crippen molar-refractivity contribution < 1.29 is 14.3 Å². The summed E-state index contributed by atoms with van der Waals surface area (Å²) in [6, 6.07) is 13.0. The topological polar surface area (TPSA) is 99.4 Å². The van der Waals surface area contributed by atoms with Crippen LogP contribution in [0, 0.1) is 11.3 Å². The molecule has 3 heterocycles. The van der Waals surface area contributed by atoms with Crippen molar-refractivity contribution in [2.24, 2.45) is 0 Å². The predicted molar refractivity (Wildman–Crippen MR) is 146 cm³/mol. The highest BCUT2D eigenvalue weighted by Crippen LogP contribution is 2.33. The van der Waals surface area contributed by atoms with Crippen LogP contribution in [0.25, 0.3) is 0 Å². The van der Waals surface area contributed by atoms with Crippen molar-refractivity contribution in [3.63, 3.8) is 0 Å². The van der Waals surface area contributed by atoms with E-state index in [2.05, 4.69) is 16.0 Å². The fraction of sp³-hybridized carbons (Fsp3) is 0.393. The Morgan fingerprint density at radius 2 is 2.00 bits per heavy atom. The molecule has 0 radical (unpaired) electrons. The molecule has 10 heteroatoms. The third kappa shape index (κ3) is 6.69. The summed E-state index contributed by atoms with van der Waals surface area (Å²) in [5, 5.41) is 12.2. The number of benzene rings is 1. The van der Waals surface area contributed by atoms with E-state index in [9.17, 15) is 9.59 Å². The molecule has 4 rings (SSSR count). The van der Waals surface area contributed by atoms with Gasteiger partial charge in [-0.3, -0.25) is 14.6 Å². The molecule has 1 aliphatic heterocycles. The molecule has 0 saturated carbocycles. The quantitative estimate of drug-likeness (QED) is 0.357. The van der Waals surface area contributed by atoms with Gasteiger partial charge in [0, 0.05) is 49.9 Å². The first-order chi connectivity index (χ1) is 18.3. The number of rotatable bonds is 9. The van der Waals surface area contributed by atoms with E-state index >= 15 is 0 Å². The van der Waals surface area contributed by atoms with Crippen molar-refractivity contribution in [1.29, 1.82) is 5.26 Å². The highest BCUT2D eigenvalue weighted by atomic mass is 35.5. The minimum Gasteiger partial charge on any atom is -0.476 e. The van der Waals surface area contributed by atoms with Gasteiger partial charge < -0.3 is 14.5 Å². The Balaban J connectivity index is 1.36. The van der Waals surface area contributed by atoms with Gasteiger partial charge in [-0.25, -0.2) is 4.98 Å². The van der Waals surface area contributed by atoms with Crippen molar-refractivity contribution in [2.45, 2.75) is 51.2 Å². The summed E-state index contributed by atoms with van der Waals surface area (Å²) in [7, 11) is 0. The van der Waals surface area contributed by atoms with Crippen LogP contribution in [0.4, 0.5) is 0 Å². The second-order valence-electron chi connectivity index (χ2n) is 9.68. The molecule has 0 atom stereocenters. The lowest BCUT2D eigenvalue weighted by atomic mass is 9.96. The molecule has 0 bridgehead atoms. The average molecular weight is 552 g/mol. The fourth-order valence-electron chi connectivity index (χ4n) is 4.44. The lowest BCUT2D eigenvalue weighted by Crippen LogP contribution is -2.51. The molecule has 0 N–H and O–H groups in total. The minimum atomic E-state index is -1.06. The second kappa shape index (κ2) is 12.4. The number of aromatic nitrogens is 2. The van der Waals surface area contributed by atoms with Crippen LogP contribution in [0.15, 0.2) is 54.2 Å². The number of piperidine rings is 1. The molecule has 0 spiro atoms. The van der Waals surface area contributed by atoms with Crippen molar-refractivity contribution in [3.05, 3.63) is 75.5 Å². The number of carbonyl (C=O) groups excluding carboxylic acids is 2. The van der Waals surface area contributed by atoms with Gasteiger partial charge in [-0.05, 0) is 50.5 Å². The molecule has 1 saturated heterocycles. The number of hydrogen-bond donors (Lipinski definition) is 0. The lowest BCUT2D eigenvalue weighted by molar-refractivity contribution is -0.146. The Kier molecular flexibility index (Phi) is 8.97. The molecule has 1 fully saturated rings. The van der Waals surface area contributed by atoms with E-state index in [1.165, 1.54) is 11.3 Å². The Morgan fingerprint density at radius 3 is 2.68 bits per heavy atom. The largest absolute Gasteiger partial charge is 0.476 e. The van der Waals surface area contributed by atoms with E-state index in [1.54, 1.807) is 48.7 Å². The van der Waals surface area contributed by atoms with E-state index < -0.39 is 5.60 Å². The molecule has 0 aliphatic carbocycles. The van der Waals surface area contributed by atoms with Crippen LogP contribution in [0.5, 0.6) is 5.75 Å². The number of nitrogens with zero attached hydrogens (tertiary/aromatic N) is 5. The molecule has 2 aromatic heterocycles.